The van der Waals surface area contributed by atoms with E-state index in [9.17, 15) is 0 Å². The largest absolute Gasteiger partial charge is 0.493 e. The normalized spacial score (nSPS) is 11.6. The van der Waals surface area contributed by atoms with Crippen molar-refractivity contribution in [3.63, 3.8) is 0 Å². The third-order valence-electron chi connectivity index (χ3n) is 4.32. The molecule has 2 aromatic heterocycles. The van der Waals surface area contributed by atoms with Crippen LogP contribution in [0.3, 0.4) is 0 Å². The molecule has 0 saturated heterocycles. The molecule has 0 bridgehead atoms. The van der Waals surface area contributed by atoms with Crippen LogP contribution in [0.5, 0.6) is 5.75 Å². The Kier molecular flexibility index (Phi) is 4.99. The number of nitrogens with zero attached hydrogens (tertiary/aromatic N) is 3. The molecule has 5 nitrogen and oxygen atoms in total. The maximum Gasteiger partial charge on any atom is 0.128 e. The number of hydrogen-bond donors (Lipinski definition) is 1. The molecule has 0 aliphatic carbocycles. The molecular weight excluding hydrogens is 300 g/mol. The molecule has 3 aromatic rings. The lowest BCUT2D eigenvalue weighted by molar-refractivity contribution is 0.211. The standard InChI is InChI=1S/C19H24N4O/c1-19(2,7-10-23-11-9-20-15-23)8-12-24-18-6-4-3-5-16(18)17-13-21-14-22-17/h3-6,9,11,13-15H,7-8,10,12H2,1-2H3,(H,21,22). The number of ether oxygens (including phenoxy) is 1. The minimum absolute atomic E-state index is 0.215. The van der Waals surface area contributed by atoms with Crippen LogP contribution in [0.4, 0.5) is 0 Å². The molecular formula is C19H24N4O. The van der Waals surface area contributed by atoms with E-state index in [0.29, 0.717) is 6.61 Å². The molecule has 1 aromatic carbocycles. The van der Waals surface area contributed by atoms with Crippen LogP contribution in [0.1, 0.15) is 26.7 Å². The third-order valence-corrected chi connectivity index (χ3v) is 4.32. The molecule has 0 aliphatic rings. The minimum Gasteiger partial charge on any atom is -0.493 e. The van der Waals surface area contributed by atoms with Gasteiger partial charge in [-0.1, -0.05) is 26.0 Å². The number of hydrogen-bond acceptors (Lipinski definition) is 3. The summed E-state index contributed by atoms with van der Waals surface area (Å²) in [6, 6.07) is 8.07. The fourth-order valence-electron chi connectivity index (χ4n) is 2.63. The molecule has 0 aliphatic heterocycles. The second-order valence-corrected chi connectivity index (χ2v) is 6.77. The van der Waals surface area contributed by atoms with Crippen molar-refractivity contribution in [2.45, 2.75) is 33.2 Å². The molecule has 2 heterocycles. The van der Waals surface area contributed by atoms with E-state index in [-0.39, 0.29) is 5.41 Å². The molecule has 24 heavy (non-hydrogen) atoms. The molecule has 5 heteroatoms. The summed E-state index contributed by atoms with van der Waals surface area (Å²) in [7, 11) is 0. The fourth-order valence-corrected chi connectivity index (χ4v) is 2.63. The lowest BCUT2D eigenvalue weighted by Crippen LogP contribution is -2.18. The van der Waals surface area contributed by atoms with Crippen LogP contribution in [0.25, 0.3) is 11.3 Å². The summed E-state index contributed by atoms with van der Waals surface area (Å²) in [6.07, 6.45) is 11.3. The van der Waals surface area contributed by atoms with Crippen LogP contribution in [0.2, 0.25) is 0 Å². The molecule has 0 amide bonds. The van der Waals surface area contributed by atoms with E-state index in [1.807, 2.05) is 49.2 Å². The maximum absolute atomic E-state index is 6.07. The Labute approximate surface area is 142 Å². The summed E-state index contributed by atoms with van der Waals surface area (Å²) < 4.78 is 8.19. The summed E-state index contributed by atoms with van der Waals surface area (Å²) in [5.74, 6) is 0.896. The summed E-state index contributed by atoms with van der Waals surface area (Å²) >= 11 is 0. The van der Waals surface area contributed by atoms with Crippen molar-refractivity contribution < 1.29 is 4.74 Å². The third kappa shape index (κ3) is 4.25. The second-order valence-electron chi connectivity index (χ2n) is 6.77. The average Bonchev–Trinajstić information content (AvgIpc) is 3.27. The highest BCUT2D eigenvalue weighted by Gasteiger charge is 2.18. The number of benzene rings is 1. The van der Waals surface area contributed by atoms with Crippen LogP contribution in [0.15, 0.2) is 55.5 Å². The van der Waals surface area contributed by atoms with Gasteiger partial charge in [-0.25, -0.2) is 9.97 Å². The van der Waals surface area contributed by atoms with Gasteiger partial charge in [0.25, 0.3) is 0 Å². The molecule has 0 saturated carbocycles. The molecule has 3 rings (SSSR count). The molecule has 1 N–H and O–H groups in total. The second kappa shape index (κ2) is 7.34. The van der Waals surface area contributed by atoms with Crippen LogP contribution in [-0.4, -0.2) is 26.1 Å². The monoisotopic (exact) mass is 324 g/mol. The number of aryl methyl sites for hydroxylation is 1. The first-order valence-corrected chi connectivity index (χ1v) is 8.30. The highest BCUT2D eigenvalue weighted by atomic mass is 16.5. The number of imidazole rings is 2. The molecule has 0 fully saturated rings. The predicted octanol–water partition coefficient (Wildman–Crippen LogP) is 4.16. The maximum atomic E-state index is 6.07. The Bertz CT molecular complexity index is 733. The van der Waals surface area contributed by atoms with Crippen molar-refractivity contribution >= 4 is 0 Å². The first-order valence-electron chi connectivity index (χ1n) is 8.30. The average molecular weight is 324 g/mol. The highest BCUT2D eigenvalue weighted by molar-refractivity contribution is 5.66. The Morgan fingerprint density at radius 1 is 1.17 bits per heavy atom. The first kappa shape index (κ1) is 16.3. The van der Waals surface area contributed by atoms with Gasteiger partial charge in [-0.15, -0.1) is 0 Å². The van der Waals surface area contributed by atoms with Gasteiger partial charge in [0.05, 0.1) is 31.2 Å². The van der Waals surface area contributed by atoms with Gasteiger partial charge in [0.2, 0.25) is 0 Å². The van der Waals surface area contributed by atoms with Crippen molar-refractivity contribution in [1.82, 2.24) is 19.5 Å². The molecule has 126 valence electrons. The zero-order chi connectivity index (χ0) is 16.8. The summed E-state index contributed by atoms with van der Waals surface area (Å²) in [4.78, 5) is 11.3. The van der Waals surface area contributed by atoms with Gasteiger partial charge in [0.1, 0.15) is 5.75 Å². The first-order chi connectivity index (χ1) is 11.6. The van der Waals surface area contributed by atoms with Crippen molar-refractivity contribution in [1.29, 1.82) is 0 Å². The predicted molar refractivity (Wildman–Crippen MR) is 94.8 cm³/mol. The van der Waals surface area contributed by atoms with Gasteiger partial charge < -0.3 is 14.3 Å². The highest BCUT2D eigenvalue weighted by Crippen LogP contribution is 2.30. The van der Waals surface area contributed by atoms with E-state index < -0.39 is 0 Å². The Morgan fingerprint density at radius 3 is 2.79 bits per heavy atom. The van der Waals surface area contributed by atoms with Gasteiger partial charge in [0.15, 0.2) is 0 Å². The lowest BCUT2D eigenvalue weighted by atomic mass is 9.86. The van der Waals surface area contributed by atoms with Gasteiger partial charge in [-0.3, -0.25) is 0 Å². The molecule has 0 radical (unpaired) electrons. The minimum atomic E-state index is 0.215. The van der Waals surface area contributed by atoms with Crippen LogP contribution < -0.4 is 4.74 Å². The van der Waals surface area contributed by atoms with Crippen molar-refractivity contribution in [3.8, 4) is 17.0 Å². The van der Waals surface area contributed by atoms with Gasteiger partial charge >= 0.3 is 0 Å². The molecule has 0 unspecified atom stereocenters. The number of aromatic amines is 1. The van der Waals surface area contributed by atoms with E-state index >= 15 is 0 Å². The van der Waals surface area contributed by atoms with E-state index in [0.717, 1.165) is 36.4 Å². The van der Waals surface area contributed by atoms with Gasteiger partial charge in [0, 0.05) is 24.5 Å². The van der Waals surface area contributed by atoms with Crippen molar-refractivity contribution in [3.05, 3.63) is 55.5 Å². The number of nitrogens with one attached hydrogen (secondary N) is 1. The zero-order valence-corrected chi connectivity index (χ0v) is 14.3. The van der Waals surface area contributed by atoms with E-state index in [1.165, 1.54) is 0 Å². The fraction of sp³-hybridized carbons (Fsp3) is 0.368. The molecule has 0 spiro atoms. The van der Waals surface area contributed by atoms with Crippen LogP contribution in [-0.2, 0) is 6.54 Å². The topological polar surface area (TPSA) is 55.7 Å². The number of H-pyrrole nitrogens is 1. The Morgan fingerprint density at radius 2 is 2.04 bits per heavy atom. The molecule has 0 atom stereocenters. The van der Waals surface area contributed by atoms with Gasteiger partial charge in [-0.05, 0) is 30.4 Å². The number of aromatic nitrogens is 4. The quantitative estimate of drug-likeness (QED) is 0.677. The SMILES string of the molecule is CC(C)(CCOc1ccccc1-c1cnc[nH]1)CCn1ccnc1. The smallest absolute Gasteiger partial charge is 0.128 e. The van der Waals surface area contributed by atoms with Crippen molar-refractivity contribution in [2.24, 2.45) is 5.41 Å². The zero-order valence-electron chi connectivity index (χ0n) is 14.3. The Balaban J connectivity index is 1.54. The van der Waals surface area contributed by atoms with E-state index in [1.54, 1.807) is 6.33 Å². The summed E-state index contributed by atoms with van der Waals surface area (Å²) in [5, 5.41) is 0. The van der Waals surface area contributed by atoms with E-state index in [4.69, 9.17) is 4.74 Å². The van der Waals surface area contributed by atoms with Crippen LogP contribution >= 0.6 is 0 Å². The summed E-state index contributed by atoms with van der Waals surface area (Å²) in [5.41, 5.74) is 2.24. The van der Waals surface area contributed by atoms with Crippen molar-refractivity contribution in [2.75, 3.05) is 6.61 Å². The lowest BCUT2D eigenvalue weighted by Gasteiger charge is -2.25. The van der Waals surface area contributed by atoms with Gasteiger partial charge in [-0.2, -0.15) is 0 Å². The van der Waals surface area contributed by atoms with E-state index in [2.05, 4.69) is 33.4 Å². The van der Waals surface area contributed by atoms with Crippen LogP contribution in [0, 0.1) is 5.41 Å². The summed E-state index contributed by atoms with van der Waals surface area (Å²) in [6.45, 7) is 6.25. The number of para-hydroxylation sites is 1. The number of rotatable bonds is 8. The Hall–Kier alpha value is -2.56.